The molecule has 0 saturated heterocycles. The largest absolute Gasteiger partial charge is 0.339 e. The lowest BCUT2D eigenvalue weighted by molar-refractivity contribution is 0.0739. The molecule has 0 saturated carbocycles. The first kappa shape index (κ1) is 17.0. The molecule has 0 aliphatic heterocycles. The van der Waals surface area contributed by atoms with E-state index in [4.69, 9.17) is 10.7 Å². The molecule has 112 valence electrons. The van der Waals surface area contributed by atoms with Gasteiger partial charge in [0.1, 0.15) is 0 Å². The van der Waals surface area contributed by atoms with Crippen LogP contribution in [0.2, 0.25) is 0 Å². The molecular formula is C14H20ClNO3S. The minimum Gasteiger partial charge on any atom is -0.339 e. The molecule has 0 aromatic heterocycles. The Morgan fingerprint density at radius 3 is 2.40 bits per heavy atom. The molecule has 1 rings (SSSR count). The Morgan fingerprint density at radius 1 is 1.35 bits per heavy atom. The van der Waals surface area contributed by atoms with Crippen molar-refractivity contribution in [3.8, 4) is 0 Å². The molecule has 1 unspecified atom stereocenters. The summed E-state index contributed by atoms with van der Waals surface area (Å²) >= 11 is 0. The van der Waals surface area contributed by atoms with Gasteiger partial charge in [0.05, 0.1) is 4.90 Å². The van der Waals surface area contributed by atoms with Gasteiger partial charge in [-0.3, -0.25) is 4.79 Å². The third-order valence-corrected chi connectivity index (χ3v) is 4.90. The number of carbonyl (C=O) groups excluding carboxylic acids is 1. The molecule has 6 heteroatoms. The summed E-state index contributed by atoms with van der Waals surface area (Å²) in [5.41, 5.74) is 1.21. The highest BCUT2D eigenvalue weighted by Crippen LogP contribution is 2.22. The topological polar surface area (TPSA) is 54.5 Å². The molecule has 0 fully saturated rings. The van der Waals surface area contributed by atoms with E-state index in [0.717, 1.165) is 12.0 Å². The van der Waals surface area contributed by atoms with Crippen LogP contribution in [0.15, 0.2) is 23.1 Å². The standard InChI is InChI=1S/C14H20ClNO3S/c1-5-10(3)16(4)14(17)13-9-12(20(15,18)19)8-7-11(13)6-2/h7-10H,5-6H2,1-4H3. The monoisotopic (exact) mass is 317 g/mol. The fourth-order valence-electron chi connectivity index (χ4n) is 1.88. The van der Waals surface area contributed by atoms with Crippen LogP contribution in [-0.4, -0.2) is 32.3 Å². The van der Waals surface area contributed by atoms with E-state index in [1.165, 1.54) is 12.1 Å². The van der Waals surface area contributed by atoms with E-state index >= 15 is 0 Å². The molecule has 4 nitrogen and oxygen atoms in total. The van der Waals surface area contributed by atoms with E-state index in [9.17, 15) is 13.2 Å². The maximum absolute atomic E-state index is 12.5. The molecule has 1 aromatic rings. The Hall–Kier alpha value is -1.07. The van der Waals surface area contributed by atoms with Crippen molar-refractivity contribution < 1.29 is 13.2 Å². The first-order valence-electron chi connectivity index (χ1n) is 6.57. The average molecular weight is 318 g/mol. The lowest BCUT2D eigenvalue weighted by Gasteiger charge is -2.25. The van der Waals surface area contributed by atoms with E-state index < -0.39 is 9.05 Å². The van der Waals surface area contributed by atoms with E-state index in [2.05, 4.69) is 0 Å². The number of aryl methyl sites for hydroxylation is 1. The van der Waals surface area contributed by atoms with Gasteiger partial charge in [-0.25, -0.2) is 8.42 Å². The normalized spacial score (nSPS) is 13.1. The fraction of sp³-hybridized carbons (Fsp3) is 0.500. The maximum atomic E-state index is 12.5. The Balaban J connectivity index is 3.31. The van der Waals surface area contributed by atoms with Crippen LogP contribution < -0.4 is 0 Å². The zero-order chi connectivity index (χ0) is 15.5. The first-order valence-corrected chi connectivity index (χ1v) is 8.88. The van der Waals surface area contributed by atoms with Crippen LogP contribution in [0.5, 0.6) is 0 Å². The van der Waals surface area contributed by atoms with Gasteiger partial charge in [-0.05, 0) is 37.5 Å². The van der Waals surface area contributed by atoms with Gasteiger partial charge < -0.3 is 4.90 Å². The highest BCUT2D eigenvalue weighted by molar-refractivity contribution is 8.13. The first-order chi connectivity index (χ1) is 9.22. The van der Waals surface area contributed by atoms with E-state index in [1.54, 1.807) is 18.0 Å². The van der Waals surface area contributed by atoms with Gasteiger partial charge in [0.15, 0.2) is 0 Å². The molecular weight excluding hydrogens is 298 g/mol. The van der Waals surface area contributed by atoms with Gasteiger partial charge >= 0.3 is 0 Å². The summed E-state index contributed by atoms with van der Waals surface area (Å²) in [6, 6.07) is 4.53. The van der Waals surface area contributed by atoms with Crippen LogP contribution in [-0.2, 0) is 15.5 Å². The van der Waals surface area contributed by atoms with Crippen LogP contribution in [0, 0.1) is 0 Å². The van der Waals surface area contributed by atoms with Crippen LogP contribution in [0.1, 0.15) is 43.1 Å². The second-order valence-electron chi connectivity index (χ2n) is 4.78. The molecule has 1 aromatic carbocycles. The van der Waals surface area contributed by atoms with Crippen molar-refractivity contribution in [2.24, 2.45) is 0 Å². The molecule has 0 heterocycles. The van der Waals surface area contributed by atoms with Gasteiger partial charge in [0, 0.05) is 29.3 Å². The van der Waals surface area contributed by atoms with Crippen LogP contribution in [0.3, 0.4) is 0 Å². The van der Waals surface area contributed by atoms with Crippen molar-refractivity contribution in [3.63, 3.8) is 0 Å². The molecule has 0 spiro atoms. The molecule has 0 aliphatic carbocycles. The lowest BCUT2D eigenvalue weighted by atomic mass is 10.0. The fourth-order valence-corrected chi connectivity index (χ4v) is 2.66. The summed E-state index contributed by atoms with van der Waals surface area (Å²) in [5.74, 6) is -0.182. The molecule has 20 heavy (non-hydrogen) atoms. The quantitative estimate of drug-likeness (QED) is 0.784. The van der Waals surface area contributed by atoms with Crippen molar-refractivity contribution >= 4 is 25.6 Å². The van der Waals surface area contributed by atoms with Crippen LogP contribution in [0.25, 0.3) is 0 Å². The number of amides is 1. The lowest BCUT2D eigenvalue weighted by Crippen LogP contribution is -2.35. The summed E-state index contributed by atoms with van der Waals surface area (Å²) in [6.07, 6.45) is 1.48. The molecule has 0 radical (unpaired) electrons. The number of halogens is 1. The average Bonchev–Trinajstić information content (AvgIpc) is 2.43. The van der Waals surface area contributed by atoms with Crippen molar-refractivity contribution in [2.75, 3.05) is 7.05 Å². The number of hydrogen-bond acceptors (Lipinski definition) is 3. The summed E-state index contributed by atoms with van der Waals surface area (Å²) in [6.45, 7) is 5.87. The SMILES string of the molecule is CCc1ccc(S(=O)(=O)Cl)cc1C(=O)N(C)C(C)CC. The minimum atomic E-state index is -3.83. The van der Waals surface area contributed by atoms with Gasteiger partial charge in [-0.2, -0.15) is 0 Å². The Kier molecular flexibility index (Phi) is 5.59. The second kappa shape index (κ2) is 6.59. The van der Waals surface area contributed by atoms with Crippen molar-refractivity contribution in [3.05, 3.63) is 29.3 Å². The molecule has 0 N–H and O–H groups in total. The number of rotatable bonds is 5. The highest BCUT2D eigenvalue weighted by atomic mass is 35.7. The number of benzene rings is 1. The van der Waals surface area contributed by atoms with Crippen molar-refractivity contribution in [2.45, 2.75) is 44.6 Å². The molecule has 1 amide bonds. The predicted octanol–water partition coefficient (Wildman–Crippen LogP) is 3.05. The zero-order valence-electron chi connectivity index (χ0n) is 12.2. The van der Waals surface area contributed by atoms with Crippen molar-refractivity contribution in [1.29, 1.82) is 0 Å². The molecule has 1 atom stereocenters. The molecule has 0 aliphatic rings. The van der Waals surface area contributed by atoms with Gasteiger partial charge in [-0.1, -0.05) is 19.9 Å². The number of hydrogen-bond donors (Lipinski definition) is 0. The van der Waals surface area contributed by atoms with E-state index in [0.29, 0.717) is 12.0 Å². The Bertz CT molecular complexity index is 598. The van der Waals surface area contributed by atoms with Crippen LogP contribution >= 0.6 is 10.7 Å². The second-order valence-corrected chi connectivity index (χ2v) is 7.35. The predicted molar refractivity (Wildman–Crippen MR) is 80.7 cm³/mol. The minimum absolute atomic E-state index is 0.0442. The van der Waals surface area contributed by atoms with E-state index in [1.807, 2.05) is 20.8 Å². The maximum Gasteiger partial charge on any atom is 0.261 e. The Morgan fingerprint density at radius 2 is 1.95 bits per heavy atom. The van der Waals surface area contributed by atoms with E-state index in [-0.39, 0.29) is 16.8 Å². The van der Waals surface area contributed by atoms with Crippen LogP contribution in [0.4, 0.5) is 0 Å². The summed E-state index contributed by atoms with van der Waals surface area (Å²) in [5, 5.41) is 0. The third kappa shape index (κ3) is 3.73. The van der Waals surface area contributed by atoms with Gasteiger partial charge in [0.2, 0.25) is 0 Å². The summed E-state index contributed by atoms with van der Waals surface area (Å²) in [4.78, 5) is 14.1. The summed E-state index contributed by atoms with van der Waals surface area (Å²) in [7, 11) is 3.23. The number of nitrogens with zero attached hydrogens (tertiary/aromatic N) is 1. The summed E-state index contributed by atoms with van der Waals surface area (Å²) < 4.78 is 22.8. The molecule has 0 bridgehead atoms. The van der Waals surface area contributed by atoms with Gasteiger partial charge in [-0.15, -0.1) is 0 Å². The zero-order valence-corrected chi connectivity index (χ0v) is 13.8. The van der Waals surface area contributed by atoms with Gasteiger partial charge in [0.25, 0.3) is 15.0 Å². The number of carbonyl (C=O) groups is 1. The highest BCUT2D eigenvalue weighted by Gasteiger charge is 2.21. The Labute approximate surface area is 125 Å². The van der Waals surface area contributed by atoms with Crippen molar-refractivity contribution in [1.82, 2.24) is 4.90 Å². The third-order valence-electron chi connectivity index (χ3n) is 3.55. The smallest absolute Gasteiger partial charge is 0.261 e.